The summed E-state index contributed by atoms with van der Waals surface area (Å²) >= 11 is 0. The molecule has 0 aromatic carbocycles. The first kappa shape index (κ1) is 14.8. The molecule has 0 spiro atoms. The third-order valence-electron chi connectivity index (χ3n) is 2.64. The third kappa shape index (κ3) is 4.45. The number of nitrogens with zero attached hydrogens (tertiary/aromatic N) is 1. The number of carbonyl (C=O) groups is 1. The van der Waals surface area contributed by atoms with Crippen LogP contribution in [0.5, 0.6) is 5.75 Å². The van der Waals surface area contributed by atoms with Crippen molar-refractivity contribution < 1.29 is 13.9 Å². The van der Waals surface area contributed by atoms with Crippen LogP contribution in [0.4, 0.5) is 0 Å². The Labute approximate surface area is 121 Å². The summed E-state index contributed by atoms with van der Waals surface area (Å²) in [6.45, 7) is 3.72. The molecule has 0 aliphatic carbocycles. The van der Waals surface area contributed by atoms with Crippen molar-refractivity contribution in [3.05, 3.63) is 58.4 Å². The van der Waals surface area contributed by atoms with E-state index in [1.165, 1.54) is 6.07 Å². The Kier molecular flexibility index (Phi) is 4.71. The molecule has 110 valence electrons. The van der Waals surface area contributed by atoms with Crippen LogP contribution >= 0.6 is 0 Å². The van der Waals surface area contributed by atoms with Crippen molar-refractivity contribution in [3.63, 3.8) is 0 Å². The molecule has 0 saturated carbocycles. The van der Waals surface area contributed by atoms with Crippen molar-refractivity contribution in [2.24, 2.45) is 0 Å². The number of ether oxygens (including phenoxy) is 1. The van der Waals surface area contributed by atoms with Gasteiger partial charge >= 0.3 is 0 Å². The average molecular weight is 288 g/mol. The fourth-order valence-electron chi connectivity index (χ4n) is 1.73. The number of rotatable bonds is 5. The molecule has 0 saturated heterocycles. The van der Waals surface area contributed by atoms with Gasteiger partial charge in [0.15, 0.2) is 11.2 Å². The fourth-order valence-corrected chi connectivity index (χ4v) is 1.73. The first-order valence-corrected chi connectivity index (χ1v) is 6.51. The first-order valence-electron chi connectivity index (χ1n) is 6.51. The number of aromatic nitrogens is 1. The van der Waals surface area contributed by atoms with E-state index in [0.29, 0.717) is 11.5 Å². The number of hydrogen-bond donors (Lipinski definition) is 1. The highest BCUT2D eigenvalue weighted by Gasteiger charge is 2.12. The summed E-state index contributed by atoms with van der Waals surface area (Å²) < 4.78 is 10.8. The monoisotopic (exact) mass is 288 g/mol. The van der Waals surface area contributed by atoms with Crippen molar-refractivity contribution in [2.45, 2.75) is 20.0 Å². The van der Waals surface area contributed by atoms with E-state index >= 15 is 0 Å². The van der Waals surface area contributed by atoms with E-state index < -0.39 is 5.91 Å². The molecule has 0 bridgehead atoms. The summed E-state index contributed by atoms with van der Waals surface area (Å²) in [7, 11) is 0. The van der Waals surface area contributed by atoms with Crippen molar-refractivity contribution in [1.82, 2.24) is 10.3 Å². The molecule has 2 aromatic rings. The van der Waals surface area contributed by atoms with E-state index in [0.717, 1.165) is 6.07 Å². The van der Waals surface area contributed by atoms with E-state index in [1.807, 2.05) is 6.92 Å². The molecule has 6 heteroatoms. The maximum Gasteiger partial charge on any atom is 0.287 e. The Balaban J connectivity index is 1.90. The molecule has 1 unspecified atom stereocenters. The molecule has 0 fully saturated rings. The SMILES string of the molecule is Cc1cc(=O)cc(C(=O)NCC(C)Oc2cccnc2)o1. The number of pyridine rings is 1. The molecule has 1 amide bonds. The Hall–Kier alpha value is -2.63. The minimum atomic E-state index is -0.447. The van der Waals surface area contributed by atoms with E-state index in [-0.39, 0.29) is 23.8 Å². The highest BCUT2D eigenvalue weighted by atomic mass is 16.5. The van der Waals surface area contributed by atoms with Gasteiger partial charge in [0.1, 0.15) is 17.6 Å². The van der Waals surface area contributed by atoms with E-state index in [1.54, 1.807) is 31.5 Å². The summed E-state index contributed by atoms with van der Waals surface area (Å²) in [6, 6.07) is 6.03. The minimum Gasteiger partial charge on any atom is -0.487 e. The minimum absolute atomic E-state index is 0.00595. The lowest BCUT2D eigenvalue weighted by Crippen LogP contribution is -2.34. The molecular weight excluding hydrogens is 272 g/mol. The zero-order valence-electron chi connectivity index (χ0n) is 11.8. The van der Waals surface area contributed by atoms with Gasteiger partial charge in [-0.15, -0.1) is 0 Å². The van der Waals surface area contributed by atoms with Crippen molar-refractivity contribution >= 4 is 5.91 Å². The van der Waals surface area contributed by atoms with Crippen molar-refractivity contribution in [2.75, 3.05) is 6.54 Å². The maximum atomic E-state index is 11.9. The van der Waals surface area contributed by atoms with Gasteiger partial charge in [0.2, 0.25) is 0 Å². The van der Waals surface area contributed by atoms with Gasteiger partial charge in [0, 0.05) is 18.3 Å². The lowest BCUT2D eigenvalue weighted by molar-refractivity contribution is 0.0900. The van der Waals surface area contributed by atoms with Crippen LogP contribution in [-0.2, 0) is 0 Å². The summed E-state index contributed by atoms with van der Waals surface area (Å²) in [4.78, 5) is 27.2. The zero-order valence-corrected chi connectivity index (χ0v) is 11.8. The molecule has 2 rings (SSSR count). The summed E-state index contributed by atoms with van der Waals surface area (Å²) in [5, 5.41) is 2.66. The Morgan fingerprint density at radius 1 is 1.48 bits per heavy atom. The second-order valence-electron chi connectivity index (χ2n) is 4.60. The van der Waals surface area contributed by atoms with Crippen LogP contribution in [0.25, 0.3) is 0 Å². The Morgan fingerprint density at radius 3 is 2.95 bits per heavy atom. The van der Waals surface area contributed by atoms with Crippen LogP contribution in [0.3, 0.4) is 0 Å². The fraction of sp³-hybridized carbons (Fsp3) is 0.267. The van der Waals surface area contributed by atoms with Crippen molar-refractivity contribution in [3.8, 4) is 5.75 Å². The lowest BCUT2D eigenvalue weighted by Gasteiger charge is -2.14. The number of aryl methyl sites for hydroxylation is 1. The smallest absolute Gasteiger partial charge is 0.287 e. The van der Waals surface area contributed by atoms with Crippen molar-refractivity contribution in [1.29, 1.82) is 0 Å². The van der Waals surface area contributed by atoms with E-state index in [4.69, 9.17) is 9.15 Å². The summed E-state index contributed by atoms with van der Waals surface area (Å²) in [5.74, 6) is 0.569. The molecule has 0 aliphatic rings. The standard InChI is InChI=1S/C15H16N2O4/c1-10-6-12(18)7-14(21-10)15(19)17-8-11(2)20-13-4-3-5-16-9-13/h3-7,9,11H,8H2,1-2H3,(H,17,19). The van der Waals surface area contributed by atoms with Gasteiger partial charge in [-0.1, -0.05) is 0 Å². The van der Waals surface area contributed by atoms with Gasteiger partial charge in [-0.25, -0.2) is 0 Å². The predicted octanol–water partition coefficient (Wildman–Crippen LogP) is 1.54. The lowest BCUT2D eigenvalue weighted by atomic mass is 10.3. The molecule has 0 aliphatic heterocycles. The molecule has 21 heavy (non-hydrogen) atoms. The van der Waals surface area contributed by atoms with Crippen LogP contribution in [0.1, 0.15) is 23.2 Å². The Bertz CT molecular complexity index is 667. The topological polar surface area (TPSA) is 81.4 Å². The number of nitrogens with one attached hydrogen (secondary N) is 1. The molecule has 6 nitrogen and oxygen atoms in total. The molecular formula is C15H16N2O4. The number of amides is 1. The van der Waals surface area contributed by atoms with Crippen LogP contribution in [0, 0.1) is 6.92 Å². The quantitative estimate of drug-likeness (QED) is 0.902. The summed E-state index contributed by atoms with van der Waals surface area (Å²) in [6.07, 6.45) is 3.01. The first-order chi connectivity index (χ1) is 10.0. The van der Waals surface area contributed by atoms with Crippen LogP contribution in [0.15, 0.2) is 45.9 Å². The van der Waals surface area contributed by atoms with E-state index in [2.05, 4.69) is 10.3 Å². The normalized spacial score (nSPS) is 11.7. The third-order valence-corrected chi connectivity index (χ3v) is 2.64. The van der Waals surface area contributed by atoms with Gasteiger partial charge in [0.05, 0.1) is 12.7 Å². The van der Waals surface area contributed by atoms with Gasteiger partial charge in [-0.3, -0.25) is 14.6 Å². The number of hydrogen-bond acceptors (Lipinski definition) is 5. The van der Waals surface area contributed by atoms with Gasteiger partial charge < -0.3 is 14.5 Å². The molecule has 0 radical (unpaired) electrons. The second kappa shape index (κ2) is 6.69. The molecule has 2 aromatic heterocycles. The predicted molar refractivity (Wildman–Crippen MR) is 76.4 cm³/mol. The van der Waals surface area contributed by atoms with Crippen LogP contribution in [0.2, 0.25) is 0 Å². The average Bonchev–Trinajstić information content (AvgIpc) is 2.45. The van der Waals surface area contributed by atoms with Crippen LogP contribution < -0.4 is 15.5 Å². The largest absolute Gasteiger partial charge is 0.487 e. The highest BCUT2D eigenvalue weighted by molar-refractivity contribution is 5.91. The zero-order chi connectivity index (χ0) is 15.2. The number of carbonyl (C=O) groups excluding carboxylic acids is 1. The maximum absolute atomic E-state index is 11.9. The second-order valence-corrected chi connectivity index (χ2v) is 4.60. The Morgan fingerprint density at radius 2 is 2.29 bits per heavy atom. The highest BCUT2D eigenvalue weighted by Crippen LogP contribution is 2.08. The van der Waals surface area contributed by atoms with Crippen LogP contribution in [-0.4, -0.2) is 23.5 Å². The van der Waals surface area contributed by atoms with Gasteiger partial charge in [-0.2, -0.15) is 0 Å². The molecule has 2 heterocycles. The molecule has 1 N–H and O–H groups in total. The van der Waals surface area contributed by atoms with Gasteiger partial charge in [-0.05, 0) is 26.0 Å². The summed E-state index contributed by atoms with van der Waals surface area (Å²) in [5.41, 5.74) is -0.261. The molecule has 1 atom stereocenters. The van der Waals surface area contributed by atoms with E-state index in [9.17, 15) is 9.59 Å². The van der Waals surface area contributed by atoms with Gasteiger partial charge in [0.25, 0.3) is 5.91 Å².